The van der Waals surface area contributed by atoms with Gasteiger partial charge in [-0.05, 0) is 35.8 Å². The molecule has 0 spiro atoms. The van der Waals surface area contributed by atoms with Gasteiger partial charge in [-0.1, -0.05) is 0 Å². The quantitative estimate of drug-likeness (QED) is 0.620. The van der Waals surface area contributed by atoms with Gasteiger partial charge in [0.2, 0.25) is 0 Å². The first-order valence-electron chi connectivity index (χ1n) is 4.77. The summed E-state index contributed by atoms with van der Waals surface area (Å²) in [6.07, 6.45) is 2.64. The highest BCUT2D eigenvalue weighted by Gasteiger charge is 2.15. The van der Waals surface area contributed by atoms with Gasteiger partial charge in [0.1, 0.15) is 5.56 Å². The van der Waals surface area contributed by atoms with E-state index in [1.54, 1.807) is 11.0 Å². The molecule has 0 aromatic carbocycles. The predicted octanol–water partition coefficient (Wildman–Crippen LogP) is 1.56. The number of rotatable bonds is 3. The Bertz CT molecular complexity index is 344. The third-order valence-electron chi connectivity index (χ3n) is 2.11. The number of halogens is 1. The van der Waals surface area contributed by atoms with Crippen molar-refractivity contribution >= 4 is 21.8 Å². The number of carbonyl (C=O) groups is 1. The van der Waals surface area contributed by atoms with E-state index >= 15 is 0 Å². The summed E-state index contributed by atoms with van der Waals surface area (Å²) >= 11 is 3.18. The van der Waals surface area contributed by atoms with Gasteiger partial charge in [0.15, 0.2) is 12.4 Å². The van der Waals surface area contributed by atoms with E-state index in [0.29, 0.717) is 27.9 Å². The van der Waals surface area contributed by atoms with Gasteiger partial charge in [0.25, 0.3) is 5.91 Å². The van der Waals surface area contributed by atoms with Crippen LogP contribution in [0, 0.1) is 5.21 Å². The largest absolute Gasteiger partial charge is 0.619 e. The third-order valence-corrected chi connectivity index (χ3v) is 2.54. The molecule has 1 rings (SSSR count). The number of amides is 1. The van der Waals surface area contributed by atoms with Gasteiger partial charge in [0.05, 0.1) is 4.47 Å². The van der Waals surface area contributed by atoms with Crippen LogP contribution in [0.1, 0.15) is 24.2 Å². The molecular weight excluding hydrogens is 260 g/mol. The van der Waals surface area contributed by atoms with Crippen molar-refractivity contribution in [1.82, 2.24) is 4.90 Å². The molecule has 1 amide bonds. The molecule has 1 aromatic heterocycles. The lowest BCUT2D eigenvalue weighted by Gasteiger charge is -2.17. The van der Waals surface area contributed by atoms with E-state index in [2.05, 4.69) is 15.9 Å². The van der Waals surface area contributed by atoms with Crippen molar-refractivity contribution in [3.8, 4) is 0 Å². The highest BCUT2D eigenvalue weighted by Crippen LogP contribution is 2.10. The first-order valence-corrected chi connectivity index (χ1v) is 5.56. The summed E-state index contributed by atoms with van der Waals surface area (Å²) in [6, 6.07) is 1.65. The minimum atomic E-state index is -0.120. The van der Waals surface area contributed by atoms with E-state index in [0.717, 1.165) is 0 Å². The Kier molecular flexibility index (Phi) is 4.08. The Morgan fingerprint density at radius 1 is 1.47 bits per heavy atom. The molecule has 0 fully saturated rings. The van der Waals surface area contributed by atoms with Crippen molar-refractivity contribution in [2.75, 3.05) is 13.1 Å². The van der Waals surface area contributed by atoms with E-state index < -0.39 is 0 Å². The average molecular weight is 273 g/mol. The van der Waals surface area contributed by atoms with Crippen LogP contribution in [0.15, 0.2) is 22.9 Å². The zero-order valence-electron chi connectivity index (χ0n) is 8.74. The van der Waals surface area contributed by atoms with Gasteiger partial charge < -0.3 is 10.1 Å². The van der Waals surface area contributed by atoms with Crippen molar-refractivity contribution in [2.24, 2.45) is 0 Å². The molecule has 0 aliphatic carbocycles. The molecule has 0 N–H and O–H groups in total. The summed E-state index contributed by atoms with van der Waals surface area (Å²) in [5, 5.41) is 11.1. The molecule has 0 atom stereocenters. The number of carbonyl (C=O) groups excluding carboxylic acids is 1. The summed E-state index contributed by atoms with van der Waals surface area (Å²) in [6.45, 7) is 5.09. The van der Waals surface area contributed by atoms with Gasteiger partial charge in [0, 0.05) is 13.1 Å². The Morgan fingerprint density at radius 2 is 2.07 bits per heavy atom. The third kappa shape index (κ3) is 2.92. The smallest absolute Gasteiger partial charge is 0.259 e. The molecule has 1 aromatic rings. The highest BCUT2D eigenvalue weighted by molar-refractivity contribution is 9.10. The van der Waals surface area contributed by atoms with E-state index in [9.17, 15) is 10.0 Å². The topological polar surface area (TPSA) is 47.2 Å². The van der Waals surface area contributed by atoms with Crippen molar-refractivity contribution in [1.29, 1.82) is 0 Å². The molecule has 15 heavy (non-hydrogen) atoms. The summed E-state index contributed by atoms with van der Waals surface area (Å²) in [5.41, 5.74) is 0.406. The Morgan fingerprint density at radius 3 is 2.53 bits per heavy atom. The number of hydrogen-bond acceptors (Lipinski definition) is 2. The van der Waals surface area contributed by atoms with E-state index in [1.165, 1.54) is 12.4 Å². The summed E-state index contributed by atoms with van der Waals surface area (Å²) < 4.78 is 1.23. The minimum Gasteiger partial charge on any atom is -0.619 e. The first-order chi connectivity index (χ1) is 7.08. The standard InChI is InChI=1S/C10H13BrN2O2/c1-3-12(4-2)10(14)8-5-9(11)7-13(15)6-8/h5-7H,3-4H2,1-2H3. The van der Waals surface area contributed by atoms with Gasteiger partial charge in [-0.3, -0.25) is 4.79 Å². The second-order valence-corrected chi connectivity index (χ2v) is 4.00. The van der Waals surface area contributed by atoms with Crippen molar-refractivity contribution in [3.63, 3.8) is 0 Å². The maximum Gasteiger partial charge on any atom is 0.259 e. The molecule has 0 radical (unpaired) electrons. The molecule has 0 aliphatic rings. The van der Waals surface area contributed by atoms with Crippen molar-refractivity contribution < 1.29 is 9.52 Å². The zero-order chi connectivity index (χ0) is 11.4. The number of hydrogen-bond donors (Lipinski definition) is 0. The molecule has 0 aliphatic heterocycles. The molecule has 0 saturated carbocycles. The Labute approximate surface area is 97.2 Å². The minimum absolute atomic E-state index is 0.120. The van der Waals surface area contributed by atoms with Crippen LogP contribution < -0.4 is 4.73 Å². The van der Waals surface area contributed by atoms with Crippen LogP contribution in [0.4, 0.5) is 0 Å². The highest BCUT2D eigenvalue weighted by atomic mass is 79.9. The maximum absolute atomic E-state index is 11.9. The SMILES string of the molecule is CCN(CC)C(=O)c1cc(Br)c[n+]([O-])c1. The lowest BCUT2D eigenvalue weighted by Crippen LogP contribution is -2.33. The molecule has 1 heterocycles. The van der Waals surface area contributed by atoms with Gasteiger partial charge in [-0.15, -0.1) is 0 Å². The van der Waals surface area contributed by atoms with Crippen LogP contribution in [-0.2, 0) is 0 Å². The number of aromatic nitrogens is 1. The molecule has 0 unspecified atom stereocenters. The fourth-order valence-electron chi connectivity index (χ4n) is 1.33. The van der Waals surface area contributed by atoms with Crippen LogP contribution in [0.3, 0.4) is 0 Å². The van der Waals surface area contributed by atoms with Crippen LogP contribution in [0.5, 0.6) is 0 Å². The van der Waals surface area contributed by atoms with Gasteiger partial charge >= 0.3 is 0 Å². The molecule has 5 heteroatoms. The van der Waals surface area contributed by atoms with E-state index in [-0.39, 0.29) is 5.91 Å². The lowest BCUT2D eigenvalue weighted by atomic mass is 10.2. The van der Waals surface area contributed by atoms with Crippen molar-refractivity contribution in [2.45, 2.75) is 13.8 Å². The summed E-state index contributed by atoms with van der Waals surface area (Å²) in [7, 11) is 0. The van der Waals surface area contributed by atoms with Crippen LogP contribution in [-0.4, -0.2) is 23.9 Å². The average Bonchev–Trinajstić information content (AvgIpc) is 2.18. The van der Waals surface area contributed by atoms with Crippen LogP contribution in [0.2, 0.25) is 0 Å². The Hall–Kier alpha value is -1.10. The van der Waals surface area contributed by atoms with Crippen molar-refractivity contribution in [3.05, 3.63) is 33.7 Å². The number of pyridine rings is 1. The number of nitrogens with zero attached hydrogens (tertiary/aromatic N) is 2. The molecule has 4 nitrogen and oxygen atoms in total. The van der Waals surface area contributed by atoms with Gasteiger partial charge in [-0.25, -0.2) is 0 Å². The van der Waals surface area contributed by atoms with Crippen LogP contribution >= 0.6 is 15.9 Å². The maximum atomic E-state index is 11.9. The summed E-state index contributed by atoms with van der Waals surface area (Å²) in [4.78, 5) is 13.5. The molecular formula is C10H13BrN2O2. The van der Waals surface area contributed by atoms with Gasteiger partial charge in [-0.2, -0.15) is 4.73 Å². The fourth-order valence-corrected chi connectivity index (χ4v) is 1.78. The second kappa shape index (κ2) is 5.11. The molecule has 82 valence electrons. The monoisotopic (exact) mass is 272 g/mol. The normalized spacial score (nSPS) is 10.1. The second-order valence-electron chi connectivity index (χ2n) is 3.08. The molecule has 0 bridgehead atoms. The fraction of sp³-hybridized carbons (Fsp3) is 0.400. The summed E-state index contributed by atoms with van der Waals surface area (Å²) in [5.74, 6) is -0.120. The van der Waals surface area contributed by atoms with E-state index in [1.807, 2.05) is 13.8 Å². The molecule has 0 saturated heterocycles. The predicted molar refractivity (Wildman–Crippen MR) is 60.4 cm³/mol. The first kappa shape index (κ1) is 12.0. The lowest BCUT2D eigenvalue weighted by molar-refractivity contribution is -0.606. The Balaban J connectivity index is 3.00. The zero-order valence-corrected chi connectivity index (χ0v) is 10.3. The van der Waals surface area contributed by atoms with E-state index in [4.69, 9.17) is 0 Å². The van der Waals surface area contributed by atoms with Crippen LogP contribution in [0.25, 0.3) is 0 Å².